The van der Waals surface area contributed by atoms with Crippen LogP contribution in [0.1, 0.15) is 26.2 Å². The van der Waals surface area contributed by atoms with E-state index in [4.69, 9.17) is 4.74 Å². The summed E-state index contributed by atoms with van der Waals surface area (Å²) in [5.74, 6) is 0.429. The second-order valence-electron chi connectivity index (χ2n) is 6.66. The minimum absolute atomic E-state index is 0. The highest BCUT2D eigenvalue weighted by molar-refractivity contribution is 5.91. The number of anilines is 1. The molecule has 0 saturated carbocycles. The first-order chi connectivity index (χ1) is 11.4. The van der Waals surface area contributed by atoms with Crippen LogP contribution in [0.5, 0.6) is 5.75 Å². The predicted octanol–water partition coefficient (Wildman–Crippen LogP) is -0.290. The molecule has 6 nitrogen and oxygen atoms in total. The zero-order chi connectivity index (χ0) is 17.6. The number of ether oxygens (including phenoxy) is 1. The predicted molar refractivity (Wildman–Crippen MR) is 94.0 cm³/mol. The van der Waals surface area contributed by atoms with E-state index in [0.717, 1.165) is 24.1 Å². The molecule has 0 unspecified atom stereocenters. The van der Waals surface area contributed by atoms with Crippen LogP contribution in [0.15, 0.2) is 24.3 Å². The molecule has 1 aliphatic rings. The molecule has 1 aliphatic heterocycles. The quantitative estimate of drug-likeness (QED) is 0.485. The van der Waals surface area contributed by atoms with E-state index in [1.165, 1.54) is 24.2 Å². The molecular formula is C18H28IN3O3. The van der Waals surface area contributed by atoms with Crippen LogP contribution < -0.4 is 34.0 Å². The zero-order valence-electron chi connectivity index (χ0n) is 15.3. The second-order valence-corrected chi connectivity index (χ2v) is 6.66. The first kappa shape index (κ1) is 21.7. The number of likely N-dealkylation sites (tertiary alicyclic amines) is 1. The smallest absolute Gasteiger partial charge is 0.414 e. The number of piperidine rings is 1. The third-order valence-corrected chi connectivity index (χ3v) is 4.60. The molecule has 2 amide bonds. The number of carbonyl (C=O) groups is 2. The number of amides is 2. The minimum atomic E-state index is -0.442. The van der Waals surface area contributed by atoms with Gasteiger partial charge < -0.3 is 43.4 Å². The lowest BCUT2D eigenvalue weighted by molar-refractivity contribution is -0.923. The lowest BCUT2D eigenvalue weighted by Gasteiger charge is -2.40. The Bertz CT molecular complexity index is 587. The van der Waals surface area contributed by atoms with Crippen molar-refractivity contribution in [2.24, 2.45) is 0 Å². The van der Waals surface area contributed by atoms with Crippen LogP contribution in [0.4, 0.5) is 10.5 Å². The van der Waals surface area contributed by atoms with E-state index in [1.54, 1.807) is 38.4 Å². The number of likely N-dealkylation sites (N-methyl/N-ethyl adjacent to an activating group) is 1. The molecular weight excluding hydrogens is 433 g/mol. The Labute approximate surface area is 167 Å². The van der Waals surface area contributed by atoms with Crippen molar-refractivity contribution in [2.75, 3.05) is 45.6 Å². The van der Waals surface area contributed by atoms with Gasteiger partial charge in [0.15, 0.2) is 6.54 Å². The van der Waals surface area contributed by atoms with Gasteiger partial charge in [0.1, 0.15) is 5.75 Å². The molecule has 7 heteroatoms. The van der Waals surface area contributed by atoms with Crippen LogP contribution in [0.2, 0.25) is 0 Å². The summed E-state index contributed by atoms with van der Waals surface area (Å²) in [7, 11) is 3.25. The maximum absolute atomic E-state index is 12.4. The summed E-state index contributed by atoms with van der Waals surface area (Å²) >= 11 is 0. The fraction of sp³-hybridized carbons (Fsp3) is 0.556. The van der Waals surface area contributed by atoms with E-state index in [2.05, 4.69) is 12.2 Å². The molecule has 1 N–H and O–H groups in total. The number of nitrogens with one attached hydrogen (secondary N) is 1. The Morgan fingerprint density at radius 3 is 2.48 bits per heavy atom. The van der Waals surface area contributed by atoms with Crippen molar-refractivity contribution in [3.63, 3.8) is 0 Å². The molecule has 1 aromatic rings. The normalized spacial score (nSPS) is 15.6. The lowest BCUT2D eigenvalue weighted by atomic mass is 10.1. The van der Waals surface area contributed by atoms with Crippen molar-refractivity contribution in [3.8, 4) is 5.75 Å². The van der Waals surface area contributed by atoms with Crippen molar-refractivity contribution in [2.45, 2.75) is 26.2 Å². The summed E-state index contributed by atoms with van der Waals surface area (Å²) in [6.45, 7) is 5.78. The average Bonchev–Trinajstić information content (AvgIpc) is 2.55. The van der Waals surface area contributed by atoms with Gasteiger partial charge in [0.25, 0.3) is 5.91 Å². The van der Waals surface area contributed by atoms with E-state index >= 15 is 0 Å². The maximum atomic E-state index is 12.4. The van der Waals surface area contributed by atoms with Gasteiger partial charge in [-0.3, -0.25) is 4.79 Å². The fourth-order valence-electron chi connectivity index (χ4n) is 3.10. The summed E-state index contributed by atoms with van der Waals surface area (Å²) < 4.78 is 6.08. The Hall–Kier alpha value is -1.35. The molecule has 1 saturated heterocycles. The Balaban J connectivity index is 0.00000312. The molecule has 0 atom stereocenters. The van der Waals surface area contributed by atoms with E-state index in [-0.39, 0.29) is 29.9 Å². The number of quaternary nitrogens is 1. The molecule has 1 heterocycles. The lowest BCUT2D eigenvalue weighted by Crippen LogP contribution is -3.00. The van der Waals surface area contributed by atoms with Gasteiger partial charge in [-0.15, -0.1) is 0 Å². The maximum Gasteiger partial charge on any atom is 0.414 e. The van der Waals surface area contributed by atoms with Gasteiger partial charge in [-0.25, -0.2) is 4.79 Å². The van der Waals surface area contributed by atoms with Crippen LogP contribution in [0, 0.1) is 0 Å². The van der Waals surface area contributed by atoms with E-state index in [1.807, 2.05) is 0 Å². The average molecular weight is 461 g/mol. The summed E-state index contributed by atoms with van der Waals surface area (Å²) in [5.41, 5.74) is 0.648. The van der Waals surface area contributed by atoms with E-state index < -0.39 is 6.09 Å². The van der Waals surface area contributed by atoms with Gasteiger partial charge in [-0.05, 0) is 38.3 Å². The molecule has 1 aromatic carbocycles. The molecule has 0 aliphatic carbocycles. The summed E-state index contributed by atoms with van der Waals surface area (Å²) in [5, 5.41) is 2.93. The Morgan fingerprint density at radius 1 is 1.20 bits per heavy atom. The van der Waals surface area contributed by atoms with Gasteiger partial charge in [0.2, 0.25) is 0 Å². The third kappa shape index (κ3) is 6.47. The fourth-order valence-corrected chi connectivity index (χ4v) is 3.10. The minimum Gasteiger partial charge on any atom is -1.00 e. The number of hydrogen-bond donors (Lipinski definition) is 1. The second kappa shape index (κ2) is 9.96. The highest BCUT2D eigenvalue weighted by Crippen LogP contribution is 2.20. The van der Waals surface area contributed by atoms with Crippen molar-refractivity contribution >= 4 is 17.7 Å². The van der Waals surface area contributed by atoms with Gasteiger partial charge in [0.05, 0.1) is 19.6 Å². The molecule has 0 spiro atoms. The van der Waals surface area contributed by atoms with Crippen molar-refractivity contribution in [1.82, 2.24) is 4.90 Å². The molecule has 0 radical (unpaired) electrons. The number of carbonyl (C=O) groups excluding carboxylic acids is 2. The van der Waals surface area contributed by atoms with Gasteiger partial charge in [0, 0.05) is 25.8 Å². The molecule has 140 valence electrons. The Kier molecular flexibility index (Phi) is 8.64. The topological polar surface area (TPSA) is 58.6 Å². The van der Waals surface area contributed by atoms with E-state index in [9.17, 15) is 9.59 Å². The highest BCUT2D eigenvalue weighted by atomic mass is 127. The molecule has 0 aromatic heterocycles. The first-order valence-electron chi connectivity index (χ1n) is 8.58. The summed E-state index contributed by atoms with van der Waals surface area (Å²) in [4.78, 5) is 25.4. The van der Waals surface area contributed by atoms with Crippen molar-refractivity contribution < 1.29 is 42.8 Å². The molecule has 25 heavy (non-hydrogen) atoms. The highest BCUT2D eigenvalue weighted by Gasteiger charge is 2.30. The Morgan fingerprint density at radius 2 is 1.88 bits per heavy atom. The van der Waals surface area contributed by atoms with Crippen molar-refractivity contribution in [3.05, 3.63) is 24.3 Å². The van der Waals surface area contributed by atoms with Gasteiger partial charge in [-0.1, -0.05) is 6.07 Å². The van der Waals surface area contributed by atoms with Crippen LogP contribution in [0.3, 0.4) is 0 Å². The first-order valence-corrected chi connectivity index (χ1v) is 8.58. The largest absolute Gasteiger partial charge is 1.00 e. The molecule has 1 fully saturated rings. The van der Waals surface area contributed by atoms with Gasteiger partial charge >= 0.3 is 6.09 Å². The van der Waals surface area contributed by atoms with Crippen LogP contribution in [0.25, 0.3) is 0 Å². The zero-order valence-corrected chi connectivity index (χ0v) is 17.4. The SMILES string of the molecule is CC[N+]1(CC(=O)Nc2cccc(OC(=O)N(C)C)c2)CCCCC1.[I-]. The number of nitrogens with zero attached hydrogens (tertiary/aromatic N) is 2. The third-order valence-electron chi connectivity index (χ3n) is 4.60. The standard InChI is InChI=1S/C18H27N3O3.HI/c1-4-21(11-6-5-7-12-21)14-17(22)19-15-9-8-10-16(13-15)24-18(23)20(2)3;/h8-10,13H,4-7,11-12,14H2,1-3H3;1H. The number of benzene rings is 1. The van der Waals surface area contributed by atoms with Crippen LogP contribution in [-0.2, 0) is 4.79 Å². The molecule has 0 bridgehead atoms. The van der Waals surface area contributed by atoms with Crippen LogP contribution in [-0.4, -0.2) is 61.7 Å². The number of halogens is 1. The number of rotatable bonds is 5. The molecule has 2 rings (SSSR count). The number of hydrogen-bond acceptors (Lipinski definition) is 3. The summed E-state index contributed by atoms with van der Waals surface area (Å²) in [6.07, 6.45) is 3.21. The van der Waals surface area contributed by atoms with Crippen molar-refractivity contribution in [1.29, 1.82) is 0 Å². The van der Waals surface area contributed by atoms with Gasteiger partial charge in [-0.2, -0.15) is 0 Å². The monoisotopic (exact) mass is 461 g/mol. The summed E-state index contributed by atoms with van der Waals surface area (Å²) in [6, 6.07) is 6.93. The van der Waals surface area contributed by atoms with Crippen LogP contribution >= 0.6 is 0 Å². The van der Waals surface area contributed by atoms with E-state index in [0.29, 0.717) is 18.0 Å².